The van der Waals surface area contributed by atoms with E-state index in [-0.39, 0.29) is 0 Å². The largest absolute Gasteiger partial charge is 0.494 e. The maximum absolute atomic E-state index is 13.7. The predicted molar refractivity (Wildman–Crippen MR) is 76.8 cm³/mol. The van der Waals surface area contributed by atoms with Crippen molar-refractivity contribution in [1.29, 1.82) is 0 Å². The summed E-state index contributed by atoms with van der Waals surface area (Å²) in [4.78, 5) is 0. The van der Waals surface area contributed by atoms with Crippen LogP contribution in [0, 0.1) is 0 Å². The van der Waals surface area contributed by atoms with E-state index in [4.69, 9.17) is 4.74 Å². The average molecular weight is 248 g/mol. The molecule has 0 rings (SSSR count). The summed E-state index contributed by atoms with van der Waals surface area (Å²) in [6.07, 6.45) is 1.72. The van der Waals surface area contributed by atoms with Crippen LogP contribution in [0.15, 0.2) is 72.8 Å². The number of hydrogen-bond donors (Lipinski definition) is 0. The van der Waals surface area contributed by atoms with Crippen LogP contribution in [-0.4, -0.2) is 6.61 Å². The Morgan fingerprint density at radius 1 is 1.06 bits per heavy atom. The molecule has 0 aromatic carbocycles. The van der Waals surface area contributed by atoms with Gasteiger partial charge >= 0.3 is 0 Å². The molecule has 0 aromatic rings. The molecule has 0 amide bonds. The van der Waals surface area contributed by atoms with Crippen LogP contribution in [0.5, 0.6) is 0 Å². The monoisotopic (exact) mass is 248 g/mol. The fourth-order valence-electron chi connectivity index (χ4n) is 0.918. The Kier molecular flexibility index (Phi) is 6.73. The fourth-order valence-corrected chi connectivity index (χ4v) is 0.918. The maximum Gasteiger partial charge on any atom is 0.126 e. The molecule has 0 fully saturated rings. The van der Waals surface area contributed by atoms with Gasteiger partial charge in [0.25, 0.3) is 0 Å². The smallest absolute Gasteiger partial charge is 0.126 e. The predicted octanol–water partition coefficient (Wildman–Crippen LogP) is 5.02. The highest BCUT2D eigenvalue weighted by Crippen LogP contribution is 2.18. The van der Waals surface area contributed by atoms with Crippen molar-refractivity contribution in [2.45, 2.75) is 20.3 Å². The number of hydrogen-bond acceptors (Lipinski definition) is 1. The van der Waals surface area contributed by atoms with Gasteiger partial charge in [0.05, 0.1) is 6.61 Å². The molecule has 0 saturated heterocycles. The Morgan fingerprint density at radius 2 is 1.61 bits per heavy atom. The quantitative estimate of drug-likeness (QED) is 0.432. The summed E-state index contributed by atoms with van der Waals surface area (Å²) in [5.41, 5.74) is 2.41. The molecule has 0 aliphatic rings. The third-order valence-electron chi connectivity index (χ3n) is 2.34. The lowest BCUT2D eigenvalue weighted by atomic mass is 10.1. The SMILES string of the molecule is C=C(C)C(=C)/C=C(/F)C(=C)CCOC(=C)C(=C)C. The number of rotatable bonds is 8. The lowest BCUT2D eigenvalue weighted by Crippen LogP contribution is -1.97. The first-order chi connectivity index (χ1) is 8.25. The molecule has 0 heterocycles. The van der Waals surface area contributed by atoms with Crippen LogP contribution in [-0.2, 0) is 4.74 Å². The van der Waals surface area contributed by atoms with Gasteiger partial charge < -0.3 is 4.74 Å². The van der Waals surface area contributed by atoms with E-state index < -0.39 is 5.83 Å². The van der Waals surface area contributed by atoms with E-state index in [0.29, 0.717) is 29.9 Å². The molecule has 2 heteroatoms. The van der Waals surface area contributed by atoms with E-state index in [2.05, 4.69) is 32.9 Å². The number of halogens is 1. The first kappa shape index (κ1) is 16.2. The van der Waals surface area contributed by atoms with Crippen LogP contribution in [0.3, 0.4) is 0 Å². The summed E-state index contributed by atoms with van der Waals surface area (Å²) in [5.74, 6) is 0.117. The van der Waals surface area contributed by atoms with Crippen LogP contribution in [0.25, 0.3) is 0 Å². The average Bonchev–Trinajstić information content (AvgIpc) is 2.27. The normalized spacial score (nSPS) is 10.7. The molecule has 0 spiro atoms. The van der Waals surface area contributed by atoms with Crippen LogP contribution >= 0.6 is 0 Å². The second-order valence-electron chi connectivity index (χ2n) is 4.20. The molecule has 0 aliphatic heterocycles. The van der Waals surface area contributed by atoms with Gasteiger partial charge in [0.2, 0.25) is 0 Å². The van der Waals surface area contributed by atoms with E-state index >= 15 is 0 Å². The van der Waals surface area contributed by atoms with Crippen molar-refractivity contribution in [2.24, 2.45) is 0 Å². The maximum atomic E-state index is 13.7. The molecule has 0 unspecified atom stereocenters. The zero-order valence-corrected chi connectivity index (χ0v) is 11.3. The standard InChI is InChI=1S/C16H21FO/c1-11(2)14(6)10-16(17)13(5)8-9-18-15(7)12(3)4/h10H,1,3,5-9H2,2,4H3/b16-10+. The molecule has 0 aromatic heterocycles. The molecular weight excluding hydrogens is 227 g/mol. The highest BCUT2D eigenvalue weighted by Gasteiger charge is 2.04. The minimum Gasteiger partial charge on any atom is -0.494 e. The van der Waals surface area contributed by atoms with Gasteiger partial charge in [-0.1, -0.05) is 38.5 Å². The molecule has 0 radical (unpaired) electrons. The van der Waals surface area contributed by atoms with E-state index in [1.54, 1.807) is 13.8 Å². The van der Waals surface area contributed by atoms with Gasteiger partial charge in [-0.15, -0.1) is 0 Å². The topological polar surface area (TPSA) is 9.23 Å². The third kappa shape index (κ3) is 6.04. The zero-order valence-electron chi connectivity index (χ0n) is 11.3. The number of ether oxygens (including phenoxy) is 1. The Balaban J connectivity index is 4.26. The minimum absolute atomic E-state index is 0.325. The lowest BCUT2D eigenvalue weighted by molar-refractivity contribution is 0.225. The number of allylic oxidation sites excluding steroid dienone is 5. The van der Waals surface area contributed by atoms with Gasteiger partial charge in [-0.25, -0.2) is 4.39 Å². The molecule has 0 N–H and O–H groups in total. The van der Waals surface area contributed by atoms with Crippen molar-refractivity contribution in [1.82, 2.24) is 0 Å². The lowest BCUT2D eigenvalue weighted by Gasteiger charge is -2.09. The molecule has 0 bridgehead atoms. The van der Waals surface area contributed by atoms with Crippen molar-refractivity contribution in [2.75, 3.05) is 6.61 Å². The Morgan fingerprint density at radius 3 is 2.06 bits per heavy atom. The first-order valence-electron chi connectivity index (χ1n) is 5.63. The van der Waals surface area contributed by atoms with Gasteiger partial charge in [0, 0.05) is 6.42 Å². The van der Waals surface area contributed by atoms with Gasteiger partial charge in [0.1, 0.15) is 11.6 Å². The van der Waals surface area contributed by atoms with Crippen molar-refractivity contribution >= 4 is 0 Å². The summed E-state index contributed by atoms with van der Waals surface area (Å²) in [5, 5.41) is 0. The van der Waals surface area contributed by atoms with Gasteiger partial charge in [-0.05, 0) is 36.6 Å². The van der Waals surface area contributed by atoms with E-state index in [0.717, 1.165) is 11.1 Å². The van der Waals surface area contributed by atoms with E-state index in [9.17, 15) is 4.39 Å². The fraction of sp³-hybridized carbons (Fsp3) is 0.250. The van der Waals surface area contributed by atoms with Crippen LogP contribution in [0.1, 0.15) is 20.3 Å². The third-order valence-corrected chi connectivity index (χ3v) is 2.34. The molecule has 0 atom stereocenters. The van der Waals surface area contributed by atoms with Crippen LogP contribution in [0.4, 0.5) is 4.39 Å². The van der Waals surface area contributed by atoms with Crippen molar-refractivity contribution in [3.8, 4) is 0 Å². The Bertz CT molecular complexity index is 424. The van der Waals surface area contributed by atoms with Gasteiger partial charge in [-0.3, -0.25) is 0 Å². The second kappa shape index (κ2) is 7.49. The minimum atomic E-state index is -0.396. The summed E-state index contributed by atoms with van der Waals surface area (Å²) >= 11 is 0. The summed E-state index contributed by atoms with van der Waals surface area (Å²) < 4.78 is 18.9. The summed E-state index contributed by atoms with van der Waals surface area (Å²) in [6, 6.07) is 0. The van der Waals surface area contributed by atoms with Crippen molar-refractivity contribution in [3.05, 3.63) is 72.8 Å². The molecular formula is C16H21FO. The van der Waals surface area contributed by atoms with Crippen LogP contribution < -0.4 is 0 Å². The molecule has 1 nitrogen and oxygen atoms in total. The van der Waals surface area contributed by atoms with E-state index in [1.165, 1.54) is 6.08 Å². The highest BCUT2D eigenvalue weighted by atomic mass is 19.1. The zero-order chi connectivity index (χ0) is 14.3. The first-order valence-corrected chi connectivity index (χ1v) is 5.63. The van der Waals surface area contributed by atoms with Gasteiger partial charge in [-0.2, -0.15) is 0 Å². The Labute approximate surface area is 109 Å². The Hall–Kier alpha value is -1.83. The molecule has 0 saturated carbocycles. The summed E-state index contributed by atoms with van der Waals surface area (Å²) in [6.45, 7) is 22.3. The molecule has 18 heavy (non-hydrogen) atoms. The van der Waals surface area contributed by atoms with Crippen LogP contribution in [0.2, 0.25) is 0 Å². The molecule has 98 valence electrons. The molecule has 0 aliphatic carbocycles. The van der Waals surface area contributed by atoms with Crippen molar-refractivity contribution < 1.29 is 9.13 Å². The highest BCUT2D eigenvalue weighted by molar-refractivity contribution is 5.39. The second-order valence-corrected chi connectivity index (χ2v) is 4.20. The summed E-state index contributed by atoms with van der Waals surface area (Å²) in [7, 11) is 0. The van der Waals surface area contributed by atoms with E-state index in [1.807, 2.05) is 0 Å². The van der Waals surface area contributed by atoms with Crippen molar-refractivity contribution in [3.63, 3.8) is 0 Å². The van der Waals surface area contributed by atoms with Gasteiger partial charge in [0.15, 0.2) is 0 Å².